The van der Waals surface area contributed by atoms with Gasteiger partial charge in [0.1, 0.15) is 0 Å². The molecule has 0 aliphatic heterocycles. The normalized spacial score (nSPS) is 12.9. The smallest absolute Gasteiger partial charge is 0.173 e. The van der Waals surface area contributed by atoms with E-state index in [-0.39, 0.29) is 11.5 Å². The van der Waals surface area contributed by atoms with Crippen molar-refractivity contribution in [1.82, 2.24) is 5.32 Å². The molecule has 1 atom stereocenters. The Hall–Kier alpha value is -0.720. The van der Waals surface area contributed by atoms with Gasteiger partial charge in [0, 0.05) is 23.4 Å². The number of rotatable bonds is 5. The van der Waals surface area contributed by atoms with Gasteiger partial charge in [0.05, 0.1) is 6.26 Å². The quantitative estimate of drug-likeness (QED) is 0.809. The summed E-state index contributed by atoms with van der Waals surface area (Å²) in [6.45, 7) is 9.53. The molecule has 0 aliphatic carbocycles. The Kier molecular flexibility index (Phi) is 5.98. The first-order valence-corrected chi connectivity index (χ1v) is 7.19. The predicted molar refractivity (Wildman–Crippen MR) is 79.3 cm³/mol. The SMILES string of the molecule is CCCNC(CC#CC(C)(C)C)c1ccoc1Br. The predicted octanol–water partition coefficient (Wildman–Crippen LogP) is 4.52. The Morgan fingerprint density at radius 1 is 1.44 bits per heavy atom. The lowest BCUT2D eigenvalue weighted by atomic mass is 9.97. The van der Waals surface area contributed by atoms with Gasteiger partial charge in [-0.2, -0.15) is 0 Å². The third-order valence-electron chi connectivity index (χ3n) is 2.43. The molecule has 0 radical (unpaired) electrons. The summed E-state index contributed by atoms with van der Waals surface area (Å²) in [7, 11) is 0. The van der Waals surface area contributed by atoms with Crippen LogP contribution in [0.3, 0.4) is 0 Å². The lowest BCUT2D eigenvalue weighted by Crippen LogP contribution is -2.21. The van der Waals surface area contributed by atoms with E-state index in [2.05, 4.69) is 60.8 Å². The molecule has 0 aliphatic rings. The Morgan fingerprint density at radius 2 is 2.17 bits per heavy atom. The first-order chi connectivity index (χ1) is 8.44. The topological polar surface area (TPSA) is 25.2 Å². The van der Waals surface area contributed by atoms with Crippen LogP contribution in [-0.2, 0) is 0 Å². The number of halogens is 1. The first kappa shape index (κ1) is 15.3. The highest BCUT2D eigenvalue weighted by atomic mass is 79.9. The highest BCUT2D eigenvalue weighted by Gasteiger charge is 2.15. The molecule has 0 amide bonds. The van der Waals surface area contributed by atoms with Gasteiger partial charge in [0.15, 0.2) is 4.67 Å². The molecule has 0 saturated carbocycles. The average molecular weight is 312 g/mol. The molecule has 1 rings (SSSR count). The lowest BCUT2D eigenvalue weighted by molar-refractivity contribution is 0.503. The molecule has 1 aromatic heterocycles. The Bertz CT molecular complexity index is 420. The van der Waals surface area contributed by atoms with E-state index >= 15 is 0 Å². The van der Waals surface area contributed by atoms with E-state index in [4.69, 9.17) is 4.42 Å². The van der Waals surface area contributed by atoms with Crippen LogP contribution < -0.4 is 5.32 Å². The van der Waals surface area contributed by atoms with Crippen molar-refractivity contribution in [3.05, 3.63) is 22.6 Å². The maximum Gasteiger partial charge on any atom is 0.173 e. The van der Waals surface area contributed by atoms with E-state index in [0.29, 0.717) is 0 Å². The van der Waals surface area contributed by atoms with Crippen LogP contribution in [0.15, 0.2) is 21.4 Å². The molecular weight excluding hydrogens is 290 g/mol. The molecule has 0 fully saturated rings. The van der Waals surface area contributed by atoms with Crippen LogP contribution in [0, 0.1) is 17.3 Å². The average Bonchev–Trinajstić information content (AvgIpc) is 2.68. The van der Waals surface area contributed by atoms with Crippen molar-refractivity contribution >= 4 is 15.9 Å². The third kappa shape index (κ3) is 5.29. The molecule has 3 heteroatoms. The number of hydrogen-bond acceptors (Lipinski definition) is 2. The van der Waals surface area contributed by atoms with E-state index < -0.39 is 0 Å². The van der Waals surface area contributed by atoms with Crippen molar-refractivity contribution in [3.8, 4) is 11.8 Å². The summed E-state index contributed by atoms with van der Waals surface area (Å²) < 4.78 is 6.10. The lowest BCUT2D eigenvalue weighted by Gasteiger charge is -2.15. The molecule has 1 heterocycles. The fraction of sp³-hybridized carbons (Fsp3) is 0.600. The Labute approximate surface area is 119 Å². The summed E-state index contributed by atoms with van der Waals surface area (Å²) in [5.74, 6) is 6.55. The molecule has 0 saturated heterocycles. The fourth-order valence-electron chi connectivity index (χ4n) is 1.58. The van der Waals surface area contributed by atoms with Crippen molar-refractivity contribution < 1.29 is 4.42 Å². The minimum Gasteiger partial charge on any atom is -0.457 e. The first-order valence-electron chi connectivity index (χ1n) is 6.40. The van der Waals surface area contributed by atoms with E-state index in [1.807, 2.05) is 6.07 Å². The Balaban J connectivity index is 2.73. The highest BCUT2D eigenvalue weighted by Crippen LogP contribution is 2.26. The maximum atomic E-state index is 5.30. The number of hydrogen-bond donors (Lipinski definition) is 1. The molecule has 1 unspecified atom stereocenters. The Morgan fingerprint density at radius 3 is 2.67 bits per heavy atom. The summed E-state index contributed by atoms with van der Waals surface area (Å²) in [6.07, 6.45) is 3.62. The molecule has 0 bridgehead atoms. The monoisotopic (exact) mass is 311 g/mol. The van der Waals surface area contributed by atoms with Gasteiger partial charge in [-0.3, -0.25) is 0 Å². The summed E-state index contributed by atoms with van der Waals surface area (Å²) in [5.41, 5.74) is 1.20. The maximum absolute atomic E-state index is 5.30. The van der Waals surface area contributed by atoms with Crippen LogP contribution in [0.25, 0.3) is 0 Å². The zero-order valence-electron chi connectivity index (χ0n) is 11.6. The van der Waals surface area contributed by atoms with E-state index in [0.717, 1.165) is 29.6 Å². The van der Waals surface area contributed by atoms with Crippen molar-refractivity contribution in [1.29, 1.82) is 0 Å². The zero-order valence-corrected chi connectivity index (χ0v) is 13.2. The van der Waals surface area contributed by atoms with Crippen LogP contribution in [0.1, 0.15) is 52.1 Å². The third-order valence-corrected chi connectivity index (χ3v) is 3.08. The molecule has 100 valence electrons. The van der Waals surface area contributed by atoms with Crippen molar-refractivity contribution in [2.45, 2.75) is 46.6 Å². The van der Waals surface area contributed by atoms with Crippen LogP contribution in [0.4, 0.5) is 0 Å². The molecule has 18 heavy (non-hydrogen) atoms. The number of furan rings is 1. The van der Waals surface area contributed by atoms with Crippen molar-refractivity contribution in [2.75, 3.05) is 6.54 Å². The summed E-state index contributed by atoms with van der Waals surface area (Å²) in [4.78, 5) is 0. The standard InChI is InChI=1S/C15H22BrNO/c1-5-10-17-13(7-6-9-15(2,3)4)12-8-11-18-14(12)16/h8,11,13,17H,5,7,10H2,1-4H3. The summed E-state index contributed by atoms with van der Waals surface area (Å²) in [6, 6.07) is 2.23. The largest absolute Gasteiger partial charge is 0.457 e. The van der Waals surface area contributed by atoms with Crippen molar-refractivity contribution in [2.24, 2.45) is 5.41 Å². The van der Waals surface area contributed by atoms with Crippen molar-refractivity contribution in [3.63, 3.8) is 0 Å². The minimum absolute atomic E-state index is 0.0585. The highest BCUT2D eigenvalue weighted by molar-refractivity contribution is 9.10. The van der Waals surface area contributed by atoms with Gasteiger partial charge in [-0.05, 0) is 55.7 Å². The van der Waals surface area contributed by atoms with E-state index in [1.54, 1.807) is 6.26 Å². The van der Waals surface area contributed by atoms with Crippen LogP contribution in [0.2, 0.25) is 0 Å². The molecular formula is C15H22BrNO. The van der Waals surface area contributed by atoms with Crippen LogP contribution in [-0.4, -0.2) is 6.54 Å². The summed E-state index contributed by atoms with van der Waals surface area (Å²) >= 11 is 3.44. The minimum atomic E-state index is 0.0585. The fourth-order valence-corrected chi connectivity index (χ4v) is 2.10. The molecule has 2 nitrogen and oxygen atoms in total. The van der Waals surface area contributed by atoms with Gasteiger partial charge in [-0.25, -0.2) is 0 Å². The second-order valence-corrected chi connectivity index (χ2v) is 6.13. The van der Waals surface area contributed by atoms with E-state index in [1.165, 1.54) is 0 Å². The second kappa shape index (κ2) is 7.01. The molecule has 0 spiro atoms. The van der Waals surface area contributed by atoms with Crippen LogP contribution in [0.5, 0.6) is 0 Å². The van der Waals surface area contributed by atoms with E-state index in [9.17, 15) is 0 Å². The van der Waals surface area contributed by atoms with Gasteiger partial charge in [-0.15, -0.1) is 5.92 Å². The molecule has 1 N–H and O–H groups in total. The van der Waals surface area contributed by atoms with Gasteiger partial charge >= 0.3 is 0 Å². The van der Waals surface area contributed by atoms with Gasteiger partial charge in [0.25, 0.3) is 0 Å². The van der Waals surface area contributed by atoms with Gasteiger partial charge in [0.2, 0.25) is 0 Å². The van der Waals surface area contributed by atoms with Gasteiger partial charge in [-0.1, -0.05) is 12.8 Å². The molecule has 0 aromatic carbocycles. The van der Waals surface area contributed by atoms with Crippen LogP contribution >= 0.6 is 15.9 Å². The molecule has 1 aromatic rings. The summed E-state index contributed by atoms with van der Waals surface area (Å²) in [5, 5.41) is 3.51. The number of nitrogens with one attached hydrogen (secondary N) is 1. The zero-order chi connectivity index (χ0) is 13.6. The second-order valence-electron chi connectivity index (χ2n) is 5.41. The van der Waals surface area contributed by atoms with Gasteiger partial charge < -0.3 is 9.73 Å².